The monoisotopic (exact) mass is 484 g/mol. The topological polar surface area (TPSA) is 40.6 Å². The summed E-state index contributed by atoms with van der Waals surface area (Å²) in [4.78, 5) is 29.6. The molecule has 0 saturated carbocycles. The Morgan fingerprint density at radius 1 is 0.971 bits per heavy atom. The fourth-order valence-corrected chi connectivity index (χ4v) is 4.55. The van der Waals surface area contributed by atoms with Gasteiger partial charge in [-0.15, -0.1) is 0 Å². The van der Waals surface area contributed by atoms with Gasteiger partial charge in [0.2, 0.25) is 5.91 Å². The van der Waals surface area contributed by atoms with E-state index in [2.05, 4.69) is 0 Å². The number of rotatable bonds is 4. The number of carbonyl (C=O) groups excluding carboxylic acids is 2. The summed E-state index contributed by atoms with van der Waals surface area (Å²) < 4.78 is 52.7. The Morgan fingerprint density at radius 2 is 1.60 bits per heavy atom. The van der Waals surface area contributed by atoms with E-state index in [0.717, 1.165) is 12.1 Å². The summed E-state index contributed by atoms with van der Waals surface area (Å²) in [6.07, 6.45) is -3.95. The summed E-state index contributed by atoms with van der Waals surface area (Å²) in [5.74, 6) is -0.986. The average Bonchev–Trinajstić information content (AvgIpc) is 2.84. The van der Waals surface area contributed by atoms with E-state index in [9.17, 15) is 27.2 Å². The number of hydrogen-bond donors (Lipinski definition) is 0. The van der Waals surface area contributed by atoms with Gasteiger partial charge in [0.15, 0.2) is 0 Å². The van der Waals surface area contributed by atoms with Crippen LogP contribution in [0.25, 0.3) is 0 Å². The van der Waals surface area contributed by atoms with Gasteiger partial charge in [0.05, 0.1) is 11.6 Å². The predicted molar refractivity (Wildman–Crippen MR) is 126 cm³/mol. The van der Waals surface area contributed by atoms with Crippen molar-refractivity contribution >= 4 is 23.2 Å². The molecule has 3 aromatic rings. The Labute approximate surface area is 200 Å². The highest BCUT2D eigenvalue weighted by molar-refractivity contribution is 6.07. The summed E-state index contributed by atoms with van der Waals surface area (Å²) in [5.41, 5.74) is 1.21. The molecule has 1 aliphatic heterocycles. The highest BCUT2D eigenvalue weighted by Gasteiger charge is 2.39. The van der Waals surface area contributed by atoms with E-state index < -0.39 is 23.6 Å². The maximum atomic E-state index is 13.4. The van der Waals surface area contributed by atoms with Crippen LogP contribution in [0.3, 0.4) is 0 Å². The molecule has 1 heterocycles. The molecule has 0 fully saturated rings. The lowest BCUT2D eigenvalue weighted by molar-refractivity contribution is -0.137. The Balaban J connectivity index is 1.76. The maximum Gasteiger partial charge on any atom is 0.416 e. The number of alkyl halides is 3. The molecule has 3 aromatic carbocycles. The summed E-state index contributed by atoms with van der Waals surface area (Å²) in [5, 5.41) is 0. The predicted octanol–water partition coefficient (Wildman–Crippen LogP) is 6.77. The third kappa shape index (κ3) is 4.78. The van der Waals surface area contributed by atoms with Crippen molar-refractivity contribution < 1.29 is 27.2 Å². The molecule has 4 nitrogen and oxygen atoms in total. The molecule has 2 unspecified atom stereocenters. The number of nitrogens with zero attached hydrogens (tertiary/aromatic N) is 2. The van der Waals surface area contributed by atoms with E-state index in [0.29, 0.717) is 28.9 Å². The lowest BCUT2D eigenvalue weighted by atomic mass is 9.89. The highest BCUT2D eigenvalue weighted by Crippen LogP contribution is 2.43. The number of hydrogen-bond acceptors (Lipinski definition) is 2. The van der Waals surface area contributed by atoms with Gasteiger partial charge in [-0.05, 0) is 73.5 Å². The van der Waals surface area contributed by atoms with E-state index in [4.69, 9.17) is 0 Å². The van der Waals surface area contributed by atoms with Gasteiger partial charge in [-0.1, -0.05) is 25.1 Å². The van der Waals surface area contributed by atoms with Crippen LogP contribution in [0.5, 0.6) is 0 Å². The number of anilines is 2. The van der Waals surface area contributed by atoms with Gasteiger partial charge in [-0.2, -0.15) is 13.2 Å². The Kier molecular flexibility index (Phi) is 6.65. The van der Waals surface area contributed by atoms with Gasteiger partial charge in [0.25, 0.3) is 5.91 Å². The summed E-state index contributed by atoms with van der Waals surface area (Å²) in [7, 11) is 0. The van der Waals surface area contributed by atoms with E-state index in [1.807, 2.05) is 13.0 Å². The van der Waals surface area contributed by atoms with Crippen molar-refractivity contribution in [3.8, 4) is 0 Å². The molecular weight excluding hydrogens is 460 g/mol. The van der Waals surface area contributed by atoms with E-state index in [1.54, 1.807) is 30.0 Å². The molecule has 35 heavy (non-hydrogen) atoms. The fraction of sp³-hybridized carbons (Fsp3) is 0.259. The third-order valence-corrected chi connectivity index (χ3v) is 6.23. The number of amides is 2. The van der Waals surface area contributed by atoms with Crippen LogP contribution >= 0.6 is 0 Å². The SMILES string of the molecule is CCC(=O)N(c1ccc(C(F)(F)F)cc1)C1CC(C)N(C(=O)c2ccc(F)cc2)c2ccccc21. The van der Waals surface area contributed by atoms with Gasteiger partial charge in [-0.3, -0.25) is 9.59 Å². The molecular formula is C27H24F4N2O2. The van der Waals surface area contributed by atoms with Crippen LogP contribution in [-0.4, -0.2) is 17.9 Å². The molecule has 2 atom stereocenters. The van der Waals surface area contributed by atoms with Crippen molar-refractivity contribution in [2.24, 2.45) is 0 Å². The maximum absolute atomic E-state index is 13.4. The van der Waals surface area contributed by atoms with Crippen LogP contribution in [0.4, 0.5) is 28.9 Å². The molecule has 0 aromatic heterocycles. The second-order valence-corrected chi connectivity index (χ2v) is 8.50. The second-order valence-electron chi connectivity index (χ2n) is 8.50. The molecule has 0 N–H and O–H groups in total. The summed E-state index contributed by atoms with van der Waals surface area (Å²) in [6.45, 7) is 3.55. The van der Waals surface area contributed by atoms with Crippen molar-refractivity contribution in [1.82, 2.24) is 0 Å². The van der Waals surface area contributed by atoms with Crippen molar-refractivity contribution in [2.75, 3.05) is 9.80 Å². The number of benzene rings is 3. The van der Waals surface area contributed by atoms with Gasteiger partial charge in [-0.25, -0.2) is 4.39 Å². The van der Waals surface area contributed by atoms with Crippen molar-refractivity contribution in [2.45, 2.75) is 44.9 Å². The Hall–Kier alpha value is -3.68. The van der Waals surface area contributed by atoms with Crippen LogP contribution in [0, 0.1) is 5.82 Å². The number of fused-ring (bicyclic) bond motifs is 1. The fourth-order valence-electron chi connectivity index (χ4n) is 4.55. The average molecular weight is 484 g/mol. The van der Waals surface area contributed by atoms with Crippen molar-refractivity contribution in [3.63, 3.8) is 0 Å². The summed E-state index contributed by atoms with van der Waals surface area (Å²) in [6, 6.07) is 16.2. The first-order chi connectivity index (χ1) is 16.6. The first kappa shape index (κ1) is 24.4. The second kappa shape index (κ2) is 9.52. The van der Waals surface area contributed by atoms with Gasteiger partial charge in [0, 0.05) is 29.4 Å². The zero-order valence-corrected chi connectivity index (χ0v) is 19.2. The molecule has 0 saturated heterocycles. The molecule has 0 radical (unpaired) electrons. The number of para-hydroxylation sites is 1. The van der Waals surface area contributed by atoms with Crippen molar-refractivity contribution in [1.29, 1.82) is 0 Å². The Bertz CT molecular complexity index is 1220. The molecule has 2 amide bonds. The lowest BCUT2D eigenvalue weighted by Crippen LogP contribution is -2.47. The van der Waals surface area contributed by atoms with Crippen LogP contribution in [0.2, 0.25) is 0 Å². The van der Waals surface area contributed by atoms with Gasteiger partial charge in [0.1, 0.15) is 5.82 Å². The Morgan fingerprint density at radius 3 is 2.20 bits per heavy atom. The smallest absolute Gasteiger partial charge is 0.305 e. The first-order valence-corrected chi connectivity index (χ1v) is 11.3. The molecule has 0 aliphatic carbocycles. The molecule has 0 bridgehead atoms. The zero-order valence-electron chi connectivity index (χ0n) is 19.2. The van der Waals surface area contributed by atoms with E-state index in [1.165, 1.54) is 41.3 Å². The molecule has 0 spiro atoms. The van der Waals surface area contributed by atoms with Crippen LogP contribution < -0.4 is 9.80 Å². The molecule has 8 heteroatoms. The molecule has 182 valence electrons. The minimum atomic E-state index is -4.48. The van der Waals surface area contributed by atoms with Crippen LogP contribution in [-0.2, 0) is 11.0 Å². The van der Waals surface area contributed by atoms with Gasteiger partial charge < -0.3 is 9.80 Å². The minimum Gasteiger partial charge on any atom is -0.305 e. The van der Waals surface area contributed by atoms with E-state index in [-0.39, 0.29) is 24.3 Å². The number of carbonyl (C=O) groups is 2. The normalized spacial score (nSPS) is 17.6. The first-order valence-electron chi connectivity index (χ1n) is 11.3. The molecule has 1 aliphatic rings. The van der Waals surface area contributed by atoms with Crippen LogP contribution in [0.15, 0.2) is 72.8 Å². The number of halogens is 4. The van der Waals surface area contributed by atoms with Gasteiger partial charge >= 0.3 is 6.18 Å². The quantitative estimate of drug-likeness (QED) is 0.384. The van der Waals surface area contributed by atoms with E-state index >= 15 is 0 Å². The molecule has 4 rings (SSSR count). The minimum absolute atomic E-state index is 0.159. The van der Waals surface area contributed by atoms with Crippen molar-refractivity contribution in [3.05, 3.63) is 95.3 Å². The highest BCUT2D eigenvalue weighted by atomic mass is 19.4. The lowest BCUT2D eigenvalue weighted by Gasteiger charge is -2.43. The summed E-state index contributed by atoms with van der Waals surface area (Å²) >= 11 is 0. The third-order valence-electron chi connectivity index (χ3n) is 6.23. The van der Waals surface area contributed by atoms with Crippen LogP contribution in [0.1, 0.15) is 54.2 Å². The zero-order chi connectivity index (χ0) is 25.3. The standard InChI is InChI=1S/C27H24F4N2O2/c1-3-25(34)33(21-14-10-19(11-15-21)27(29,30)31)24-16-17(2)32(23-7-5-4-6-22(23)24)26(35)18-8-12-20(28)13-9-18/h4-15,17,24H,3,16H2,1-2H3. The largest absolute Gasteiger partial charge is 0.416 e.